The topological polar surface area (TPSA) is 88.3 Å². The van der Waals surface area contributed by atoms with Crippen LogP contribution in [0.3, 0.4) is 0 Å². The third kappa shape index (κ3) is 3.68. The number of amides is 2. The predicted molar refractivity (Wildman–Crippen MR) is 83.9 cm³/mol. The number of hydrogen-bond acceptors (Lipinski definition) is 5. The van der Waals surface area contributed by atoms with Gasteiger partial charge in [0.25, 0.3) is 5.89 Å². The van der Waals surface area contributed by atoms with E-state index in [1.54, 1.807) is 31.2 Å². The Bertz CT molecular complexity index is 817. The van der Waals surface area contributed by atoms with Crippen LogP contribution in [0, 0.1) is 6.92 Å². The number of nitrogens with one attached hydrogen (secondary N) is 1. The highest BCUT2D eigenvalue weighted by molar-refractivity contribution is 5.98. The number of carbonyl (C=O) groups excluding carboxylic acids is 2. The van der Waals surface area contributed by atoms with Gasteiger partial charge in [0, 0.05) is 17.8 Å². The summed E-state index contributed by atoms with van der Waals surface area (Å²) in [6.07, 6.45) is -4.46. The Morgan fingerprint density at radius 2 is 1.96 bits per heavy atom. The molecule has 0 spiro atoms. The zero-order valence-corrected chi connectivity index (χ0v) is 13.7. The normalized spacial score (nSPS) is 17.4. The van der Waals surface area contributed by atoms with Crippen LogP contribution in [0.2, 0.25) is 0 Å². The van der Waals surface area contributed by atoms with E-state index >= 15 is 0 Å². The quantitative estimate of drug-likeness (QED) is 0.899. The van der Waals surface area contributed by atoms with Gasteiger partial charge < -0.3 is 14.7 Å². The highest BCUT2D eigenvalue weighted by atomic mass is 19.4. The minimum atomic E-state index is -4.99. The Morgan fingerprint density at radius 3 is 2.54 bits per heavy atom. The highest BCUT2D eigenvalue weighted by Crippen LogP contribution is 2.27. The first-order valence-electron chi connectivity index (χ1n) is 7.85. The number of halogens is 3. The molecule has 2 heterocycles. The molecule has 1 aromatic carbocycles. The van der Waals surface area contributed by atoms with Crippen molar-refractivity contribution in [2.45, 2.75) is 32.0 Å². The molecule has 1 aliphatic heterocycles. The summed E-state index contributed by atoms with van der Waals surface area (Å²) in [5.74, 6) is -1.84. The average Bonchev–Trinajstić information content (AvgIpc) is 3.23. The van der Waals surface area contributed by atoms with Crippen LogP contribution in [0.5, 0.6) is 0 Å². The lowest BCUT2D eigenvalue weighted by Crippen LogP contribution is -2.48. The number of carbonyl (C=O) groups is 2. The molecule has 1 unspecified atom stereocenters. The van der Waals surface area contributed by atoms with E-state index in [0.717, 1.165) is 0 Å². The van der Waals surface area contributed by atoms with Gasteiger partial charge in [0.15, 0.2) is 5.82 Å². The monoisotopic (exact) mass is 368 g/mol. The SMILES string of the molecule is Cc1noc(-c2ccc(NC(=O)C3CCCN3C(=O)C(F)(F)F)cc2)n1. The van der Waals surface area contributed by atoms with Crippen molar-refractivity contribution < 1.29 is 27.3 Å². The summed E-state index contributed by atoms with van der Waals surface area (Å²) in [7, 11) is 0. The maximum atomic E-state index is 12.6. The van der Waals surface area contributed by atoms with Gasteiger partial charge in [0.1, 0.15) is 6.04 Å². The number of anilines is 1. The summed E-state index contributed by atoms with van der Waals surface area (Å²) >= 11 is 0. The lowest BCUT2D eigenvalue weighted by Gasteiger charge is -2.24. The van der Waals surface area contributed by atoms with Crippen molar-refractivity contribution in [1.82, 2.24) is 15.0 Å². The fraction of sp³-hybridized carbons (Fsp3) is 0.375. The third-order valence-electron chi connectivity index (χ3n) is 3.99. The lowest BCUT2D eigenvalue weighted by molar-refractivity contribution is -0.186. The van der Waals surface area contributed by atoms with E-state index < -0.39 is 24.0 Å². The number of alkyl halides is 3. The number of rotatable bonds is 3. The second-order valence-electron chi connectivity index (χ2n) is 5.87. The Morgan fingerprint density at radius 1 is 1.27 bits per heavy atom. The minimum absolute atomic E-state index is 0.0914. The molecule has 1 aliphatic rings. The number of likely N-dealkylation sites (tertiary alicyclic amines) is 1. The van der Waals surface area contributed by atoms with E-state index in [1.807, 2.05) is 0 Å². The van der Waals surface area contributed by atoms with Crippen LogP contribution in [0.4, 0.5) is 18.9 Å². The summed E-state index contributed by atoms with van der Waals surface area (Å²) in [5, 5.41) is 6.21. The molecule has 10 heteroatoms. The molecule has 1 fully saturated rings. The van der Waals surface area contributed by atoms with Crippen molar-refractivity contribution in [3.8, 4) is 11.5 Å². The van der Waals surface area contributed by atoms with Crippen molar-refractivity contribution in [2.24, 2.45) is 0 Å². The summed E-state index contributed by atoms with van der Waals surface area (Å²) in [6, 6.07) is 5.27. The molecule has 0 radical (unpaired) electrons. The van der Waals surface area contributed by atoms with Crippen molar-refractivity contribution in [1.29, 1.82) is 0 Å². The fourth-order valence-electron chi connectivity index (χ4n) is 2.78. The molecule has 0 aliphatic carbocycles. The number of aryl methyl sites for hydroxylation is 1. The van der Waals surface area contributed by atoms with Crippen LogP contribution in [0.25, 0.3) is 11.5 Å². The van der Waals surface area contributed by atoms with Crippen LogP contribution >= 0.6 is 0 Å². The fourth-order valence-corrected chi connectivity index (χ4v) is 2.78. The maximum absolute atomic E-state index is 12.6. The van der Waals surface area contributed by atoms with Crippen molar-refractivity contribution in [2.75, 3.05) is 11.9 Å². The highest BCUT2D eigenvalue weighted by Gasteiger charge is 2.47. The first-order valence-corrected chi connectivity index (χ1v) is 7.85. The Hall–Kier alpha value is -2.91. The van der Waals surface area contributed by atoms with Gasteiger partial charge in [0.2, 0.25) is 5.91 Å². The summed E-state index contributed by atoms with van der Waals surface area (Å²) in [5.41, 5.74) is 1.03. The molecule has 1 N–H and O–H groups in total. The molecule has 1 aromatic heterocycles. The molecule has 2 amide bonds. The second-order valence-corrected chi connectivity index (χ2v) is 5.87. The zero-order chi connectivity index (χ0) is 18.9. The molecule has 1 atom stereocenters. The minimum Gasteiger partial charge on any atom is -0.334 e. The van der Waals surface area contributed by atoms with E-state index in [-0.39, 0.29) is 13.0 Å². The average molecular weight is 368 g/mol. The van der Waals surface area contributed by atoms with Gasteiger partial charge in [-0.05, 0) is 44.0 Å². The molecule has 138 valence electrons. The Labute approximate surface area is 146 Å². The van der Waals surface area contributed by atoms with Crippen LogP contribution < -0.4 is 5.32 Å². The molecular weight excluding hydrogens is 353 g/mol. The summed E-state index contributed by atoms with van der Waals surface area (Å²) in [4.78, 5) is 28.4. The predicted octanol–water partition coefficient (Wildman–Crippen LogP) is 2.54. The van der Waals surface area contributed by atoms with Crippen molar-refractivity contribution >= 4 is 17.5 Å². The van der Waals surface area contributed by atoms with E-state index in [1.165, 1.54) is 0 Å². The van der Waals surface area contributed by atoms with E-state index in [0.29, 0.717) is 34.3 Å². The van der Waals surface area contributed by atoms with E-state index in [9.17, 15) is 22.8 Å². The molecular formula is C16H15F3N4O3. The maximum Gasteiger partial charge on any atom is 0.471 e. The van der Waals surface area contributed by atoms with Gasteiger partial charge in [0.05, 0.1) is 0 Å². The van der Waals surface area contributed by atoms with Crippen LogP contribution in [-0.4, -0.2) is 45.6 Å². The molecule has 3 rings (SSSR count). The first-order chi connectivity index (χ1) is 12.3. The van der Waals surface area contributed by atoms with Gasteiger partial charge in [-0.3, -0.25) is 9.59 Å². The summed E-state index contributed by atoms with van der Waals surface area (Å²) in [6.45, 7) is 1.59. The van der Waals surface area contributed by atoms with E-state index in [4.69, 9.17) is 4.52 Å². The number of benzene rings is 1. The van der Waals surface area contributed by atoms with Gasteiger partial charge in [-0.1, -0.05) is 5.16 Å². The standard InChI is InChI=1S/C16H15F3N4O3/c1-9-20-14(26-22-9)10-4-6-11(7-5-10)21-13(24)12-3-2-8-23(12)15(25)16(17,18)19/h4-7,12H,2-3,8H2,1H3,(H,21,24). The van der Waals surface area contributed by atoms with Gasteiger partial charge in [-0.15, -0.1) is 0 Å². The van der Waals surface area contributed by atoms with Gasteiger partial charge >= 0.3 is 12.1 Å². The van der Waals surface area contributed by atoms with Crippen LogP contribution in [-0.2, 0) is 9.59 Å². The number of hydrogen-bond donors (Lipinski definition) is 1. The van der Waals surface area contributed by atoms with Crippen molar-refractivity contribution in [3.63, 3.8) is 0 Å². The largest absolute Gasteiger partial charge is 0.471 e. The summed E-state index contributed by atoms with van der Waals surface area (Å²) < 4.78 is 42.9. The third-order valence-corrected chi connectivity index (χ3v) is 3.99. The molecule has 26 heavy (non-hydrogen) atoms. The Kier molecular flexibility index (Phi) is 4.66. The zero-order valence-electron chi connectivity index (χ0n) is 13.7. The molecule has 0 bridgehead atoms. The molecule has 2 aromatic rings. The van der Waals surface area contributed by atoms with Gasteiger partial charge in [-0.2, -0.15) is 18.2 Å². The van der Waals surface area contributed by atoms with Gasteiger partial charge in [-0.25, -0.2) is 0 Å². The first kappa shape index (κ1) is 17.9. The molecule has 7 nitrogen and oxygen atoms in total. The van der Waals surface area contributed by atoms with Crippen LogP contribution in [0.15, 0.2) is 28.8 Å². The molecule has 1 saturated heterocycles. The number of nitrogens with zero attached hydrogens (tertiary/aromatic N) is 3. The van der Waals surface area contributed by atoms with Crippen molar-refractivity contribution in [3.05, 3.63) is 30.1 Å². The smallest absolute Gasteiger partial charge is 0.334 e. The van der Waals surface area contributed by atoms with E-state index in [2.05, 4.69) is 15.5 Å². The second kappa shape index (κ2) is 6.77. The Balaban J connectivity index is 1.68. The number of aromatic nitrogens is 2. The van der Waals surface area contributed by atoms with Crippen LogP contribution in [0.1, 0.15) is 18.7 Å². The lowest BCUT2D eigenvalue weighted by atomic mass is 10.1. The molecule has 0 saturated carbocycles.